The number of rotatable bonds is 7. The molecule has 4 unspecified atom stereocenters. The van der Waals surface area contributed by atoms with Gasteiger partial charge in [-0.2, -0.15) is 0 Å². The van der Waals surface area contributed by atoms with Gasteiger partial charge in [-0.3, -0.25) is 0 Å². The zero-order valence-corrected chi connectivity index (χ0v) is 18.7. The van der Waals surface area contributed by atoms with E-state index in [1.54, 1.807) is 5.57 Å². The molecule has 0 radical (unpaired) electrons. The average molecular weight is 357 g/mol. The van der Waals surface area contributed by atoms with Crippen LogP contribution >= 0.6 is 0 Å². The van der Waals surface area contributed by atoms with Gasteiger partial charge >= 0.3 is 0 Å². The van der Waals surface area contributed by atoms with Crippen LogP contribution in [0, 0.1) is 35.0 Å². The van der Waals surface area contributed by atoms with Crippen molar-refractivity contribution in [1.82, 2.24) is 0 Å². The molecule has 0 aromatic rings. The zero-order chi connectivity index (χ0) is 19.5. The first-order valence-corrected chi connectivity index (χ1v) is 11.3. The summed E-state index contributed by atoms with van der Waals surface area (Å²) in [5.74, 6) is 3.91. The summed E-state index contributed by atoms with van der Waals surface area (Å²) in [6.45, 7) is 21.1. The van der Waals surface area contributed by atoms with Gasteiger partial charge in [0.2, 0.25) is 0 Å². The largest absolute Gasteiger partial charge is 0.0953 e. The zero-order valence-electron chi connectivity index (χ0n) is 18.7. The second kappa shape index (κ2) is 8.94. The van der Waals surface area contributed by atoms with Crippen molar-refractivity contribution in [3.05, 3.63) is 35.5 Å². The minimum absolute atomic E-state index is 0.529. The summed E-state index contributed by atoms with van der Waals surface area (Å²) >= 11 is 0. The number of hydrogen-bond donors (Lipinski definition) is 0. The Morgan fingerprint density at radius 2 is 1.88 bits per heavy atom. The average Bonchev–Trinajstić information content (AvgIpc) is 2.94. The van der Waals surface area contributed by atoms with Gasteiger partial charge < -0.3 is 0 Å². The third kappa shape index (κ3) is 4.37. The van der Waals surface area contributed by atoms with Gasteiger partial charge in [0.1, 0.15) is 0 Å². The molecular weight excluding hydrogens is 312 g/mol. The Bertz CT molecular complexity index is 544. The topological polar surface area (TPSA) is 0 Å². The molecule has 0 N–H and O–H groups in total. The van der Waals surface area contributed by atoms with E-state index in [-0.39, 0.29) is 0 Å². The lowest BCUT2D eigenvalue weighted by Crippen LogP contribution is -2.37. The first-order chi connectivity index (χ1) is 12.2. The smallest absolute Gasteiger partial charge is 0.0143 e. The van der Waals surface area contributed by atoms with Crippen LogP contribution in [0.2, 0.25) is 0 Å². The van der Waals surface area contributed by atoms with E-state index in [1.165, 1.54) is 49.7 Å². The molecule has 0 nitrogen and oxygen atoms in total. The molecule has 26 heavy (non-hydrogen) atoms. The minimum atomic E-state index is 0.529. The molecular formula is C26H44. The molecule has 2 aliphatic carbocycles. The molecule has 0 aromatic heterocycles. The van der Waals surface area contributed by atoms with Crippen molar-refractivity contribution in [2.45, 2.75) is 93.4 Å². The molecule has 0 aliphatic heterocycles. The van der Waals surface area contributed by atoms with Crippen LogP contribution in [0.5, 0.6) is 0 Å². The van der Waals surface area contributed by atoms with Crippen LogP contribution in [0.1, 0.15) is 93.4 Å². The van der Waals surface area contributed by atoms with Gasteiger partial charge in [0.05, 0.1) is 0 Å². The molecule has 0 spiro atoms. The second-order valence-corrected chi connectivity index (χ2v) is 10.1. The minimum Gasteiger partial charge on any atom is -0.0953 e. The van der Waals surface area contributed by atoms with E-state index in [0.29, 0.717) is 11.3 Å². The summed E-state index contributed by atoms with van der Waals surface area (Å²) in [6.07, 6.45) is 14.3. The van der Waals surface area contributed by atoms with E-state index >= 15 is 0 Å². The Morgan fingerprint density at radius 1 is 1.19 bits per heavy atom. The maximum absolute atomic E-state index is 4.37. The van der Waals surface area contributed by atoms with Gasteiger partial charge in [-0.05, 0) is 84.7 Å². The third-order valence-electron chi connectivity index (χ3n) is 7.85. The normalized spacial score (nSPS) is 32.3. The van der Waals surface area contributed by atoms with E-state index in [9.17, 15) is 0 Å². The van der Waals surface area contributed by atoms with Gasteiger partial charge in [0, 0.05) is 0 Å². The monoisotopic (exact) mass is 356 g/mol. The Kier molecular flexibility index (Phi) is 7.40. The standard InChI is InChI=1S/C26H44/c1-9-11-22(20(6)18(2)3)13-14-23-12-10-17-26(8)24(15-16-25(23)26)21(7)19(4)5/h13-14,18-19,21,24-25H,6,9-12,15-17H2,1-5,7-8H3/b22-13-,23-14+. The molecule has 148 valence electrons. The van der Waals surface area contributed by atoms with Crippen molar-refractivity contribution in [2.75, 3.05) is 0 Å². The third-order valence-corrected chi connectivity index (χ3v) is 7.85. The fraction of sp³-hybridized carbons (Fsp3) is 0.769. The predicted octanol–water partition coefficient (Wildman–Crippen LogP) is 8.36. The second-order valence-electron chi connectivity index (χ2n) is 10.1. The van der Waals surface area contributed by atoms with Gasteiger partial charge in [0.15, 0.2) is 0 Å². The highest BCUT2D eigenvalue weighted by molar-refractivity contribution is 5.35. The van der Waals surface area contributed by atoms with Crippen molar-refractivity contribution >= 4 is 0 Å². The van der Waals surface area contributed by atoms with E-state index in [1.807, 2.05) is 0 Å². The van der Waals surface area contributed by atoms with Crippen molar-refractivity contribution in [3.8, 4) is 0 Å². The van der Waals surface area contributed by atoms with Gasteiger partial charge in [-0.15, -0.1) is 0 Å². The van der Waals surface area contributed by atoms with E-state index in [2.05, 4.69) is 67.2 Å². The fourth-order valence-corrected chi connectivity index (χ4v) is 5.81. The van der Waals surface area contributed by atoms with Crippen LogP contribution in [-0.4, -0.2) is 0 Å². The lowest BCUT2D eigenvalue weighted by atomic mass is 9.60. The Balaban J connectivity index is 2.26. The van der Waals surface area contributed by atoms with Crippen molar-refractivity contribution < 1.29 is 0 Å². The fourth-order valence-electron chi connectivity index (χ4n) is 5.81. The number of fused-ring (bicyclic) bond motifs is 1. The molecule has 2 rings (SSSR count). The summed E-state index contributed by atoms with van der Waals surface area (Å²) in [7, 11) is 0. The molecule has 0 amide bonds. The maximum Gasteiger partial charge on any atom is -0.0143 e. The number of hydrogen-bond acceptors (Lipinski definition) is 0. The summed E-state index contributed by atoms with van der Waals surface area (Å²) < 4.78 is 0. The summed E-state index contributed by atoms with van der Waals surface area (Å²) in [4.78, 5) is 0. The molecule has 0 bridgehead atoms. The molecule has 4 atom stereocenters. The lowest BCUT2D eigenvalue weighted by Gasteiger charge is -2.45. The van der Waals surface area contributed by atoms with Gasteiger partial charge in [0.25, 0.3) is 0 Å². The molecule has 0 saturated heterocycles. The van der Waals surface area contributed by atoms with E-state index in [4.69, 9.17) is 0 Å². The number of allylic oxidation sites excluding steroid dienone is 5. The Morgan fingerprint density at radius 3 is 2.46 bits per heavy atom. The molecule has 0 heteroatoms. The van der Waals surface area contributed by atoms with Crippen LogP contribution in [-0.2, 0) is 0 Å². The summed E-state index contributed by atoms with van der Waals surface area (Å²) in [5, 5.41) is 0. The van der Waals surface area contributed by atoms with E-state index in [0.717, 1.165) is 30.1 Å². The maximum atomic E-state index is 4.37. The Hall–Kier alpha value is -0.780. The van der Waals surface area contributed by atoms with Crippen molar-refractivity contribution in [3.63, 3.8) is 0 Å². The summed E-state index contributed by atoms with van der Waals surface area (Å²) in [5.41, 5.74) is 5.08. The highest BCUT2D eigenvalue weighted by Gasteiger charge is 2.50. The molecule has 0 heterocycles. The van der Waals surface area contributed by atoms with Gasteiger partial charge in [-0.1, -0.05) is 79.2 Å². The lowest BCUT2D eigenvalue weighted by molar-refractivity contribution is 0.0797. The Labute approximate surface area is 164 Å². The first-order valence-electron chi connectivity index (χ1n) is 11.3. The van der Waals surface area contributed by atoms with Crippen LogP contribution in [0.25, 0.3) is 0 Å². The van der Waals surface area contributed by atoms with E-state index < -0.39 is 0 Å². The predicted molar refractivity (Wildman–Crippen MR) is 117 cm³/mol. The first kappa shape index (κ1) is 21.5. The SMILES string of the molecule is C=C(/C(=C\C=C1/CCCC2(C)C1CCC2C(C)C(C)C)CCC)C(C)C. The summed E-state index contributed by atoms with van der Waals surface area (Å²) in [6, 6.07) is 0. The highest BCUT2D eigenvalue weighted by atomic mass is 14.6. The van der Waals surface area contributed by atoms with Gasteiger partial charge in [-0.25, -0.2) is 0 Å². The molecule has 2 fully saturated rings. The van der Waals surface area contributed by atoms with Crippen LogP contribution in [0.3, 0.4) is 0 Å². The van der Waals surface area contributed by atoms with Crippen LogP contribution in [0.15, 0.2) is 35.5 Å². The molecule has 0 aromatic carbocycles. The molecule has 2 saturated carbocycles. The van der Waals surface area contributed by atoms with Crippen molar-refractivity contribution in [2.24, 2.45) is 35.0 Å². The van der Waals surface area contributed by atoms with Crippen LogP contribution in [0.4, 0.5) is 0 Å². The molecule has 2 aliphatic rings. The van der Waals surface area contributed by atoms with Crippen LogP contribution < -0.4 is 0 Å². The highest BCUT2D eigenvalue weighted by Crippen LogP contribution is 2.60. The van der Waals surface area contributed by atoms with Crippen molar-refractivity contribution in [1.29, 1.82) is 0 Å². The quantitative estimate of drug-likeness (QED) is 0.402.